The number of Topliss-reactive ketones (excluding diaryl/α,β-unsaturated/α-hetero) is 1. The predicted octanol–water partition coefficient (Wildman–Crippen LogP) is 4.91. The van der Waals surface area contributed by atoms with Gasteiger partial charge in [0, 0.05) is 16.7 Å². The summed E-state index contributed by atoms with van der Waals surface area (Å²) >= 11 is 4.72. The van der Waals surface area contributed by atoms with E-state index in [-0.39, 0.29) is 5.78 Å². The molecule has 0 spiro atoms. The largest absolute Gasteiger partial charge is 0.292 e. The average molecular weight is 349 g/mol. The lowest BCUT2D eigenvalue weighted by Crippen LogP contribution is -2.01. The first-order valence-corrected chi connectivity index (χ1v) is 9.74. The molecule has 0 atom stereocenters. The maximum Gasteiger partial charge on any atom is 0.183 e. The maximum atomic E-state index is 12.2. The molecule has 0 aliphatic heterocycles. The van der Waals surface area contributed by atoms with E-state index < -0.39 is 0 Å². The molecule has 3 rings (SSSR count). The van der Waals surface area contributed by atoms with Crippen molar-refractivity contribution in [2.24, 2.45) is 0 Å². The van der Waals surface area contributed by atoms with E-state index in [0.717, 1.165) is 32.4 Å². The Morgan fingerprint density at radius 3 is 2.82 bits per heavy atom. The molecule has 0 fully saturated rings. The Balaban J connectivity index is 1.93. The second-order valence-corrected chi connectivity index (χ2v) is 8.07. The van der Waals surface area contributed by atoms with Crippen LogP contribution in [0.4, 0.5) is 0 Å². The molecule has 0 aliphatic rings. The van der Waals surface area contributed by atoms with Gasteiger partial charge < -0.3 is 0 Å². The molecule has 0 aliphatic carbocycles. The Labute approximate surface area is 141 Å². The van der Waals surface area contributed by atoms with Gasteiger partial charge in [0.25, 0.3) is 0 Å². The molecule has 0 saturated carbocycles. The van der Waals surface area contributed by atoms with Gasteiger partial charge in [-0.1, -0.05) is 24.8 Å². The highest BCUT2D eigenvalue weighted by Gasteiger charge is 2.16. The summed E-state index contributed by atoms with van der Waals surface area (Å²) in [5.74, 6) is 1.43. The molecule has 114 valence electrons. The molecule has 0 radical (unpaired) electrons. The normalized spacial score (nSPS) is 11.2. The van der Waals surface area contributed by atoms with Gasteiger partial charge in [-0.15, -0.1) is 22.7 Å². The van der Waals surface area contributed by atoms with Crippen molar-refractivity contribution in [3.05, 3.63) is 38.7 Å². The van der Waals surface area contributed by atoms with Crippen molar-refractivity contribution in [2.45, 2.75) is 32.2 Å². The van der Waals surface area contributed by atoms with E-state index in [1.165, 1.54) is 33.5 Å². The van der Waals surface area contributed by atoms with E-state index in [4.69, 9.17) is 0 Å². The summed E-state index contributed by atoms with van der Waals surface area (Å²) in [4.78, 5) is 24.6. The van der Waals surface area contributed by atoms with Gasteiger partial charge in [-0.25, -0.2) is 9.97 Å². The molecule has 0 amide bonds. The SMILES string of the molecule is CCc1nc(SCC(=O)c2cccs2)c2c(C)c(C)sc2n1. The summed E-state index contributed by atoms with van der Waals surface area (Å²) in [6, 6.07) is 3.79. The molecule has 0 N–H and O–H groups in total. The quantitative estimate of drug-likeness (QED) is 0.373. The first-order chi connectivity index (χ1) is 10.6. The molecule has 6 heteroatoms. The van der Waals surface area contributed by atoms with E-state index in [1.807, 2.05) is 17.5 Å². The first-order valence-electron chi connectivity index (χ1n) is 7.06. The minimum atomic E-state index is 0.161. The number of aryl methyl sites for hydroxylation is 3. The van der Waals surface area contributed by atoms with Crippen molar-refractivity contribution >= 4 is 50.4 Å². The van der Waals surface area contributed by atoms with Crippen LogP contribution in [0, 0.1) is 13.8 Å². The number of carbonyl (C=O) groups excluding carboxylic acids is 1. The number of ketones is 1. The van der Waals surface area contributed by atoms with Gasteiger partial charge >= 0.3 is 0 Å². The summed E-state index contributed by atoms with van der Waals surface area (Å²) in [5, 5.41) is 3.99. The summed E-state index contributed by atoms with van der Waals surface area (Å²) in [6.45, 7) is 6.27. The fourth-order valence-electron chi connectivity index (χ4n) is 2.16. The second kappa shape index (κ2) is 6.48. The molecule has 3 aromatic rings. The Morgan fingerprint density at radius 1 is 1.32 bits per heavy atom. The van der Waals surface area contributed by atoms with Crippen LogP contribution in [0.2, 0.25) is 0 Å². The number of hydrogen-bond acceptors (Lipinski definition) is 6. The number of aromatic nitrogens is 2. The van der Waals surface area contributed by atoms with E-state index in [1.54, 1.807) is 11.3 Å². The van der Waals surface area contributed by atoms with Crippen molar-refractivity contribution in [1.29, 1.82) is 0 Å². The molecule has 22 heavy (non-hydrogen) atoms. The zero-order valence-corrected chi connectivity index (χ0v) is 15.1. The van der Waals surface area contributed by atoms with Gasteiger partial charge in [0.1, 0.15) is 15.7 Å². The second-order valence-electron chi connectivity index (χ2n) is 4.95. The third kappa shape index (κ3) is 2.95. The summed E-state index contributed by atoms with van der Waals surface area (Å²) in [5.41, 5.74) is 1.23. The van der Waals surface area contributed by atoms with Gasteiger partial charge in [-0.2, -0.15) is 0 Å². The standard InChI is InChI=1S/C16H16N2OS3/c1-4-13-17-15(14-9(2)10(3)22-16(14)18-13)21-8-11(19)12-6-5-7-20-12/h5-7H,4,8H2,1-3H3. The van der Waals surface area contributed by atoms with Crippen LogP contribution >= 0.6 is 34.4 Å². The van der Waals surface area contributed by atoms with Crippen molar-refractivity contribution in [1.82, 2.24) is 9.97 Å². The Bertz CT molecular complexity index is 822. The van der Waals surface area contributed by atoms with Crippen LogP contribution < -0.4 is 0 Å². The van der Waals surface area contributed by atoms with Crippen LogP contribution in [-0.4, -0.2) is 21.5 Å². The summed E-state index contributed by atoms with van der Waals surface area (Å²) in [6.07, 6.45) is 0.804. The van der Waals surface area contributed by atoms with E-state index >= 15 is 0 Å². The van der Waals surface area contributed by atoms with Crippen molar-refractivity contribution in [3.8, 4) is 0 Å². The average Bonchev–Trinajstić information content (AvgIpc) is 3.14. The molecule has 0 unspecified atom stereocenters. The molecule has 3 nitrogen and oxygen atoms in total. The minimum absolute atomic E-state index is 0.161. The van der Waals surface area contributed by atoms with Crippen molar-refractivity contribution in [2.75, 3.05) is 5.75 Å². The number of hydrogen-bond donors (Lipinski definition) is 0. The van der Waals surface area contributed by atoms with Gasteiger partial charge in [0.2, 0.25) is 0 Å². The van der Waals surface area contributed by atoms with E-state index in [9.17, 15) is 4.79 Å². The van der Waals surface area contributed by atoms with Gasteiger partial charge in [-0.05, 0) is 30.9 Å². The third-order valence-electron chi connectivity index (χ3n) is 3.49. The van der Waals surface area contributed by atoms with Crippen LogP contribution in [0.5, 0.6) is 0 Å². The maximum absolute atomic E-state index is 12.2. The highest BCUT2D eigenvalue weighted by atomic mass is 32.2. The van der Waals surface area contributed by atoms with Crippen LogP contribution in [0.25, 0.3) is 10.2 Å². The molecule has 0 saturated heterocycles. The zero-order valence-electron chi connectivity index (χ0n) is 12.7. The number of thioether (sulfide) groups is 1. The van der Waals surface area contributed by atoms with E-state index in [0.29, 0.717) is 5.75 Å². The Morgan fingerprint density at radius 2 is 2.14 bits per heavy atom. The minimum Gasteiger partial charge on any atom is -0.292 e. The zero-order chi connectivity index (χ0) is 15.7. The number of thiophene rings is 2. The number of carbonyl (C=O) groups is 1. The van der Waals surface area contributed by atoms with Crippen molar-refractivity contribution in [3.63, 3.8) is 0 Å². The third-order valence-corrected chi connectivity index (χ3v) is 6.48. The molecular weight excluding hydrogens is 332 g/mol. The first kappa shape index (κ1) is 15.6. The number of rotatable bonds is 5. The number of fused-ring (bicyclic) bond motifs is 1. The highest BCUT2D eigenvalue weighted by molar-refractivity contribution is 8.00. The lowest BCUT2D eigenvalue weighted by Gasteiger charge is -2.05. The Hall–Kier alpha value is -1.24. The monoisotopic (exact) mass is 348 g/mol. The molecule has 0 bridgehead atoms. The topological polar surface area (TPSA) is 42.9 Å². The molecule has 3 heterocycles. The van der Waals surface area contributed by atoms with Gasteiger partial charge in [0.15, 0.2) is 5.78 Å². The van der Waals surface area contributed by atoms with Crippen molar-refractivity contribution < 1.29 is 4.79 Å². The van der Waals surface area contributed by atoms with Crippen LogP contribution in [0.3, 0.4) is 0 Å². The highest BCUT2D eigenvalue weighted by Crippen LogP contribution is 2.35. The molecular formula is C16H16N2OS3. The fraction of sp³-hybridized carbons (Fsp3) is 0.312. The lowest BCUT2D eigenvalue weighted by molar-refractivity contribution is 0.102. The van der Waals surface area contributed by atoms with Gasteiger partial charge in [0.05, 0.1) is 10.6 Å². The Kier molecular flexibility index (Phi) is 4.61. The van der Waals surface area contributed by atoms with Crippen LogP contribution in [0.15, 0.2) is 22.5 Å². The summed E-state index contributed by atoms with van der Waals surface area (Å²) in [7, 11) is 0. The van der Waals surface area contributed by atoms with Crippen LogP contribution in [-0.2, 0) is 6.42 Å². The molecule has 3 aromatic heterocycles. The summed E-state index contributed by atoms with van der Waals surface area (Å²) < 4.78 is 0. The fourth-order valence-corrected chi connectivity index (χ4v) is 5.02. The van der Waals surface area contributed by atoms with Gasteiger partial charge in [-0.3, -0.25) is 4.79 Å². The predicted molar refractivity (Wildman–Crippen MR) is 95.6 cm³/mol. The number of nitrogens with zero attached hydrogens (tertiary/aromatic N) is 2. The van der Waals surface area contributed by atoms with Crippen LogP contribution in [0.1, 0.15) is 32.9 Å². The van der Waals surface area contributed by atoms with E-state index in [2.05, 4.69) is 30.7 Å². The smallest absolute Gasteiger partial charge is 0.183 e. The molecule has 0 aromatic carbocycles. The lowest BCUT2D eigenvalue weighted by atomic mass is 10.2.